The summed E-state index contributed by atoms with van der Waals surface area (Å²) in [6, 6.07) is 13.4. The molecule has 0 saturated heterocycles. The molecule has 0 saturated carbocycles. The van der Waals surface area contributed by atoms with Crippen LogP contribution >= 0.6 is 43.2 Å². The number of amides is 1. The molecule has 1 N–H and O–H groups in total. The van der Waals surface area contributed by atoms with E-state index in [0.717, 1.165) is 20.3 Å². The van der Waals surface area contributed by atoms with Crippen LogP contribution in [0.25, 0.3) is 0 Å². The summed E-state index contributed by atoms with van der Waals surface area (Å²) in [6.07, 6.45) is 0.226. The smallest absolute Gasteiger partial charge is 0.257 e. The fourth-order valence-corrected chi connectivity index (χ4v) is 4.80. The monoisotopic (exact) mass is 529 g/mol. The summed E-state index contributed by atoms with van der Waals surface area (Å²) >= 11 is 7.76. The maximum absolute atomic E-state index is 12.4. The van der Waals surface area contributed by atoms with Gasteiger partial charge in [0.1, 0.15) is 5.01 Å². The molecule has 0 aliphatic rings. The minimum Gasteiger partial charge on any atom is -0.296 e. The van der Waals surface area contributed by atoms with Crippen molar-refractivity contribution in [2.75, 3.05) is 11.1 Å². The molecule has 0 unspecified atom stereocenters. The van der Waals surface area contributed by atoms with E-state index in [9.17, 15) is 13.2 Å². The fourth-order valence-electron chi connectivity index (χ4n) is 2.16. The van der Waals surface area contributed by atoms with E-state index in [-0.39, 0.29) is 23.0 Å². The number of hydrogen-bond donors (Lipinski definition) is 1. The number of hydrogen-bond acceptors (Lipinski definition) is 6. The Balaban J connectivity index is 1.61. The molecule has 0 fully saturated rings. The SMILES string of the molecule is O=C(Nc1nnc(CCS(=O)(=O)c2ccc(Br)cc2)s1)c1ccc(Br)cc1. The zero-order valence-corrected chi connectivity index (χ0v) is 18.5. The van der Waals surface area contributed by atoms with Crippen LogP contribution in [0.1, 0.15) is 15.4 Å². The minimum absolute atomic E-state index is 0.0794. The Morgan fingerprint density at radius 1 is 0.963 bits per heavy atom. The summed E-state index contributed by atoms with van der Waals surface area (Å²) in [5.74, 6) is -0.378. The number of rotatable bonds is 6. The van der Waals surface area contributed by atoms with Crippen molar-refractivity contribution in [3.8, 4) is 0 Å². The van der Waals surface area contributed by atoms with Crippen LogP contribution in [-0.2, 0) is 16.3 Å². The third kappa shape index (κ3) is 5.44. The van der Waals surface area contributed by atoms with Crippen molar-refractivity contribution < 1.29 is 13.2 Å². The molecule has 10 heteroatoms. The van der Waals surface area contributed by atoms with Gasteiger partial charge in [-0.05, 0) is 48.5 Å². The van der Waals surface area contributed by atoms with Crippen LogP contribution in [0.4, 0.5) is 5.13 Å². The Morgan fingerprint density at radius 3 is 2.19 bits per heavy atom. The van der Waals surface area contributed by atoms with Crippen LogP contribution < -0.4 is 5.32 Å². The lowest BCUT2D eigenvalue weighted by Crippen LogP contribution is -2.11. The van der Waals surface area contributed by atoms with Gasteiger partial charge in [0.25, 0.3) is 5.91 Å². The summed E-state index contributed by atoms with van der Waals surface area (Å²) < 4.78 is 26.5. The number of halogens is 2. The van der Waals surface area contributed by atoms with Crippen LogP contribution in [0.3, 0.4) is 0 Å². The first kappa shape index (κ1) is 20.1. The van der Waals surface area contributed by atoms with Gasteiger partial charge in [0.05, 0.1) is 10.6 Å². The molecule has 1 aromatic heterocycles. The van der Waals surface area contributed by atoms with Crippen molar-refractivity contribution >= 4 is 64.1 Å². The number of carbonyl (C=O) groups is 1. The predicted molar refractivity (Wildman–Crippen MR) is 112 cm³/mol. The predicted octanol–water partition coefficient (Wildman–Crippen LogP) is 4.33. The maximum Gasteiger partial charge on any atom is 0.257 e. The van der Waals surface area contributed by atoms with Gasteiger partial charge in [-0.3, -0.25) is 10.1 Å². The van der Waals surface area contributed by atoms with Gasteiger partial charge in [0.2, 0.25) is 5.13 Å². The Kier molecular flexibility index (Phi) is 6.40. The molecule has 2 aromatic carbocycles. The van der Waals surface area contributed by atoms with E-state index in [2.05, 4.69) is 47.4 Å². The molecule has 0 bridgehead atoms. The summed E-state index contributed by atoms with van der Waals surface area (Å²) in [5, 5.41) is 11.4. The molecule has 0 radical (unpaired) electrons. The standard InChI is InChI=1S/C17H13Br2N3O3S2/c18-12-3-1-11(2-4-12)16(23)20-17-22-21-15(26-17)9-10-27(24,25)14-7-5-13(19)6-8-14/h1-8H,9-10H2,(H,20,22,23). The molecule has 0 atom stereocenters. The molecule has 3 rings (SSSR count). The summed E-state index contributed by atoms with van der Waals surface area (Å²) in [7, 11) is -3.41. The number of nitrogens with one attached hydrogen (secondary N) is 1. The maximum atomic E-state index is 12.4. The quantitative estimate of drug-likeness (QED) is 0.512. The van der Waals surface area contributed by atoms with E-state index in [4.69, 9.17) is 0 Å². The first-order valence-electron chi connectivity index (χ1n) is 7.71. The number of aryl methyl sites for hydroxylation is 1. The van der Waals surface area contributed by atoms with Gasteiger partial charge in [-0.2, -0.15) is 0 Å². The molecule has 6 nitrogen and oxygen atoms in total. The van der Waals surface area contributed by atoms with E-state index < -0.39 is 9.84 Å². The highest BCUT2D eigenvalue weighted by Crippen LogP contribution is 2.20. The topological polar surface area (TPSA) is 89.0 Å². The van der Waals surface area contributed by atoms with E-state index in [0.29, 0.717) is 15.7 Å². The second-order valence-corrected chi connectivity index (χ2v) is 10.5. The number of anilines is 1. The van der Waals surface area contributed by atoms with Gasteiger partial charge in [0.15, 0.2) is 9.84 Å². The van der Waals surface area contributed by atoms with Gasteiger partial charge in [-0.15, -0.1) is 10.2 Å². The Labute approximate surface area is 177 Å². The molecular formula is C17H13Br2N3O3S2. The molecule has 1 amide bonds. The number of benzene rings is 2. The first-order chi connectivity index (χ1) is 12.8. The lowest BCUT2D eigenvalue weighted by molar-refractivity contribution is 0.102. The molecule has 1 heterocycles. The Morgan fingerprint density at radius 2 is 1.56 bits per heavy atom. The first-order valence-corrected chi connectivity index (χ1v) is 11.8. The van der Waals surface area contributed by atoms with Crippen molar-refractivity contribution in [1.82, 2.24) is 10.2 Å². The summed E-state index contributed by atoms with van der Waals surface area (Å²) in [6.45, 7) is 0. The highest BCUT2D eigenvalue weighted by atomic mass is 79.9. The second kappa shape index (κ2) is 8.59. The van der Waals surface area contributed by atoms with Crippen molar-refractivity contribution in [3.63, 3.8) is 0 Å². The molecule has 0 spiro atoms. The van der Waals surface area contributed by atoms with Gasteiger partial charge in [0, 0.05) is 20.9 Å². The number of aromatic nitrogens is 2. The zero-order chi connectivity index (χ0) is 19.4. The normalized spacial score (nSPS) is 11.3. The minimum atomic E-state index is -3.41. The fraction of sp³-hybridized carbons (Fsp3) is 0.118. The van der Waals surface area contributed by atoms with Crippen molar-refractivity contribution in [2.24, 2.45) is 0 Å². The number of carbonyl (C=O) groups excluding carboxylic acids is 1. The molecular weight excluding hydrogens is 518 g/mol. The third-order valence-corrected chi connectivity index (χ3v) is 7.24. The van der Waals surface area contributed by atoms with E-state index in [1.54, 1.807) is 48.5 Å². The highest BCUT2D eigenvalue weighted by Gasteiger charge is 2.17. The van der Waals surface area contributed by atoms with Crippen LogP contribution in [0, 0.1) is 0 Å². The average Bonchev–Trinajstić information content (AvgIpc) is 3.08. The molecule has 0 aliphatic heterocycles. The van der Waals surface area contributed by atoms with Crippen molar-refractivity contribution in [1.29, 1.82) is 0 Å². The van der Waals surface area contributed by atoms with Crippen molar-refractivity contribution in [2.45, 2.75) is 11.3 Å². The van der Waals surface area contributed by atoms with E-state index in [1.165, 1.54) is 0 Å². The third-order valence-electron chi connectivity index (χ3n) is 3.55. The van der Waals surface area contributed by atoms with Crippen LogP contribution in [0.5, 0.6) is 0 Å². The summed E-state index contributed by atoms with van der Waals surface area (Å²) in [5.41, 5.74) is 0.493. The number of sulfone groups is 1. The largest absolute Gasteiger partial charge is 0.296 e. The van der Waals surface area contributed by atoms with Gasteiger partial charge in [-0.1, -0.05) is 43.2 Å². The van der Waals surface area contributed by atoms with Crippen LogP contribution in [0.2, 0.25) is 0 Å². The van der Waals surface area contributed by atoms with Crippen LogP contribution in [0.15, 0.2) is 62.4 Å². The average molecular weight is 531 g/mol. The van der Waals surface area contributed by atoms with E-state index in [1.807, 2.05) is 0 Å². The number of nitrogens with zero attached hydrogens (tertiary/aromatic N) is 2. The molecule has 3 aromatic rings. The molecule has 140 valence electrons. The summed E-state index contributed by atoms with van der Waals surface area (Å²) in [4.78, 5) is 12.4. The Bertz CT molecular complexity index is 1050. The highest BCUT2D eigenvalue weighted by molar-refractivity contribution is 9.10. The Hall–Kier alpha value is -1.62. The van der Waals surface area contributed by atoms with Gasteiger partial charge >= 0.3 is 0 Å². The van der Waals surface area contributed by atoms with Gasteiger partial charge in [-0.25, -0.2) is 8.42 Å². The van der Waals surface area contributed by atoms with Crippen molar-refractivity contribution in [3.05, 3.63) is 68.0 Å². The van der Waals surface area contributed by atoms with Crippen LogP contribution in [-0.4, -0.2) is 30.3 Å². The van der Waals surface area contributed by atoms with Gasteiger partial charge < -0.3 is 0 Å². The van der Waals surface area contributed by atoms with E-state index >= 15 is 0 Å². The molecule has 0 aliphatic carbocycles. The zero-order valence-electron chi connectivity index (χ0n) is 13.7. The molecule has 27 heavy (non-hydrogen) atoms. The second-order valence-electron chi connectivity index (χ2n) is 5.48. The lowest BCUT2D eigenvalue weighted by Gasteiger charge is -2.03. The lowest BCUT2D eigenvalue weighted by atomic mass is 10.2.